The van der Waals surface area contributed by atoms with Crippen molar-refractivity contribution in [3.8, 4) is 0 Å². The number of aromatic nitrogens is 1. The summed E-state index contributed by atoms with van der Waals surface area (Å²) >= 11 is 0. The summed E-state index contributed by atoms with van der Waals surface area (Å²) in [5, 5.41) is 0. The molecule has 1 atom stereocenters. The number of nitrogens with zero attached hydrogens (tertiary/aromatic N) is 3. The molecule has 3 rings (SSSR count). The molecule has 1 spiro atoms. The van der Waals surface area contributed by atoms with Crippen molar-refractivity contribution in [3.05, 3.63) is 29.8 Å². The van der Waals surface area contributed by atoms with Crippen LogP contribution in [0.3, 0.4) is 0 Å². The third kappa shape index (κ3) is 2.82. The molecular weight excluding hydrogens is 297 g/mol. The van der Waals surface area contributed by atoms with Crippen molar-refractivity contribution in [2.24, 2.45) is 0 Å². The van der Waals surface area contributed by atoms with Crippen molar-refractivity contribution in [1.29, 1.82) is 0 Å². The fourth-order valence-corrected chi connectivity index (χ4v) is 4.04. The lowest BCUT2D eigenvalue weighted by Crippen LogP contribution is -2.63. The van der Waals surface area contributed by atoms with E-state index in [1.807, 2.05) is 11.8 Å². The van der Waals surface area contributed by atoms with Crippen LogP contribution in [0.2, 0.25) is 0 Å². The SMILES string of the molecule is CCN1C(=O)CCC[C@@]12CCCN(C(=O)c1ccncc1F)C2. The van der Waals surface area contributed by atoms with Crippen LogP contribution in [0, 0.1) is 5.82 Å². The monoisotopic (exact) mass is 319 g/mol. The van der Waals surface area contributed by atoms with Gasteiger partial charge in [-0.05, 0) is 38.7 Å². The first-order chi connectivity index (χ1) is 11.1. The second kappa shape index (κ2) is 6.26. The van der Waals surface area contributed by atoms with Gasteiger partial charge in [-0.1, -0.05) is 0 Å². The maximum absolute atomic E-state index is 13.9. The summed E-state index contributed by atoms with van der Waals surface area (Å²) in [5.74, 6) is -0.731. The van der Waals surface area contributed by atoms with Crippen LogP contribution in [0.5, 0.6) is 0 Å². The largest absolute Gasteiger partial charge is 0.336 e. The first-order valence-corrected chi connectivity index (χ1v) is 8.27. The Kier molecular flexibility index (Phi) is 4.33. The molecule has 1 aromatic rings. The van der Waals surface area contributed by atoms with Crippen LogP contribution in [0.4, 0.5) is 4.39 Å². The minimum atomic E-state index is -0.593. The van der Waals surface area contributed by atoms with Crippen LogP contribution in [-0.4, -0.2) is 51.8 Å². The Balaban J connectivity index is 1.84. The summed E-state index contributed by atoms with van der Waals surface area (Å²) in [7, 11) is 0. The van der Waals surface area contributed by atoms with E-state index >= 15 is 0 Å². The zero-order chi connectivity index (χ0) is 16.4. The van der Waals surface area contributed by atoms with E-state index < -0.39 is 5.82 Å². The molecule has 23 heavy (non-hydrogen) atoms. The van der Waals surface area contributed by atoms with Crippen LogP contribution < -0.4 is 0 Å². The number of carbonyl (C=O) groups is 2. The highest BCUT2D eigenvalue weighted by atomic mass is 19.1. The van der Waals surface area contributed by atoms with Gasteiger partial charge in [0.2, 0.25) is 5.91 Å². The third-order valence-corrected chi connectivity index (χ3v) is 5.07. The Labute approximate surface area is 135 Å². The predicted octanol–water partition coefficient (Wildman–Crippen LogP) is 2.23. The van der Waals surface area contributed by atoms with Crippen LogP contribution >= 0.6 is 0 Å². The molecule has 124 valence electrons. The van der Waals surface area contributed by atoms with Gasteiger partial charge in [0.1, 0.15) is 0 Å². The van der Waals surface area contributed by atoms with Crippen LogP contribution in [0.15, 0.2) is 18.5 Å². The Morgan fingerprint density at radius 2 is 2.17 bits per heavy atom. The summed E-state index contributed by atoms with van der Waals surface area (Å²) in [4.78, 5) is 32.3. The van der Waals surface area contributed by atoms with Gasteiger partial charge in [0.05, 0.1) is 17.3 Å². The Morgan fingerprint density at radius 3 is 2.91 bits per heavy atom. The number of hydrogen-bond donors (Lipinski definition) is 0. The lowest BCUT2D eigenvalue weighted by molar-refractivity contribution is -0.144. The Bertz CT molecular complexity index is 618. The number of likely N-dealkylation sites (tertiary alicyclic amines) is 2. The van der Waals surface area contributed by atoms with Gasteiger partial charge in [-0.2, -0.15) is 0 Å². The van der Waals surface area contributed by atoms with Crippen molar-refractivity contribution in [1.82, 2.24) is 14.8 Å². The molecule has 0 bridgehead atoms. The molecule has 0 N–H and O–H groups in total. The average Bonchev–Trinajstić information content (AvgIpc) is 2.55. The van der Waals surface area contributed by atoms with Gasteiger partial charge in [0.25, 0.3) is 5.91 Å². The van der Waals surface area contributed by atoms with Crippen molar-refractivity contribution in [3.63, 3.8) is 0 Å². The molecule has 0 aliphatic carbocycles. The average molecular weight is 319 g/mol. The summed E-state index contributed by atoms with van der Waals surface area (Å²) in [6, 6.07) is 1.42. The van der Waals surface area contributed by atoms with Crippen LogP contribution in [0.1, 0.15) is 49.4 Å². The molecule has 0 aromatic carbocycles. The summed E-state index contributed by atoms with van der Waals surface area (Å²) in [5.41, 5.74) is -0.219. The van der Waals surface area contributed by atoms with Crippen LogP contribution in [-0.2, 0) is 4.79 Å². The topological polar surface area (TPSA) is 53.5 Å². The highest BCUT2D eigenvalue weighted by molar-refractivity contribution is 5.94. The lowest BCUT2D eigenvalue weighted by atomic mass is 9.79. The van der Waals surface area contributed by atoms with Gasteiger partial charge in [-0.25, -0.2) is 4.39 Å². The number of hydrogen-bond acceptors (Lipinski definition) is 3. The Hall–Kier alpha value is -1.98. The van der Waals surface area contributed by atoms with Crippen molar-refractivity contribution >= 4 is 11.8 Å². The molecule has 2 amide bonds. The van der Waals surface area contributed by atoms with E-state index in [1.54, 1.807) is 4.90 Å². The highest BCUT2D eigenvalue weighted by Gasteiger charge is 2.45. The fraction of sp³-hybridized carbons (Fsp3) is 0.588. The fourth-order valence-electron chi connectivity index (χ4n) is 4.04. The summed E-state index contributed by atoms with van der Waals surface area (Å²) in [6.07, 6.45) is 6.60. The first-order valence-electron chi connectivity index (χ1n) is 8.27. The molecule has 0 saturated carbocycles. The lowest BCUT2D eigenvalue weighted by Gasteiger charge is -2.51. The minimum absolute atomic E-state index is 0.0576. The van der Waals surface area contributed by atoms with E-state index in [0.717, 1.165) is 31.9 Å². The smallest absolute Gasteiger partial charge is 0.257 e. The zero-order valence-electron chi connectivity index (χ0n) is 13.4. The highest BCUT2D eigenvalue weighted by Crippen LogP contribution is 2.37. The van der Waals surface area contributed by atoms with Gasteiger partial charge in [0.15, 0.2) is 5.82 Å². The molecule has 2 saturated heterocycles. The van der Waals surface area contributed by atoms with Gasteiger partial charge < -0.3 is 9.80 Å². The van der Waals surface area contributed by atoms with Gasteiger partial charge >= 0.3 is 0 Å². The quantitative estimate of drug-likeness (QED) is 0.840. The number of pyridine rings is 1. The minimum Gasteiger partial charge on any atom is -0.336 e. The van der Waals surface area contributed by atoms with E-state index in [2.05, 4.69) is 4.98 Å². The molecule has 1 aromatic heterocycles. The third-order valence-electron chi connectivity index (χ3n) is 5.07. The van der Waals surface area contributed by atoms with Gasteiger partial charge in [-0.15, -0.1) is 0 Å². The summed E-state index contributed by atoms with van der Waals surface area (Å²) in [6.45, 7) is 3.74. The molecule has 6 heteroatoms. The molecule has 2 fully saturated rings. The zero-order valence-corrected chi connectivity index (χ0v) is 13.4. The molecule has 0 radical (unpaired) electrons. The van der Waals surface area contributed by atoms with Crippen LogP contribution in [0.25, 0.3) is 0 Å². The Morgan fingerprint density at radius 1 is 1.39 bits per heavy atom. The normalized spacial score (nSPS) is 25.0. The number of piperidine rings is 2. The second-order valence-electron chi connectivity index (χ2n) is 6.40. The number of carbonyl (C=O) groups excluding carboxylic acids is 2. The van der Waals surface area contributed by atoms with E-state index in [9.17, 15) is 14.0 Å². The number of rotatable bonds is 2. The number of amides is 2. The molecule has 5 nitrogen and oxygen atoms in total. The van der Waals surface area contributed by atoms with Gasteiger partial charge in [0, 0.05) is 32.3 Å². The van der Waals surface area contributed by atoms with E-state index in [-0.39, 0.29) is 22.9 Å². The van der Waals surface area contributed by atoms with Gasteiger partial charge in [-0.3, -0.25) is 14.6 Å². The second-order valence-corrected chi connectivity index (χ2v) is 6.40. The maximum Gasteiger partial charge on any atom is 0.257 e. The standard InChI is InChI=1S/C17H22FN3O2/c1-2-21-15(22)5-3-7-17(21)8-4-10-20(12-17)16(23)13-6-9-19-11-14(13)18/h6,9,11H,2-5,7-8,10,12H2,1H3/t17-/m0/s1. The first kappa shape index (κ1) is 15.9. The summed E-state index contributed by atoms with van der Waals surface area (Å²) < 4.78 is 13.9. The van der Waals surface area contributed by atoms with E-state index in [4.69, 9.17) is 0 Å². The number of likely N-dealkylation sites (N-methyl/N-ethyl adjacent to an activating group) is 1. The molecular formula is C17H22FN3O2. The number of halogens is 1. The molecule has 0 unspecified atom stereocenters. The predicted molar refractivity (Wildman–Crippen MR) is 83.3 cm³/mol. The molecule has 3 heterocycles. The molecule has 2 aliphatic heterocycles. The van der Waals surface area contributed by atoms with Crippen molar-refractivity contribution in [2.75, 3.05) is 19.6 Å². The maximum atomic E-state index is 13.9. The van der Waals surface area contributed by atoms with Crippen molar-refractivity contribution < 1.29 is 14.0 Å². The molecule has 2 aliphatic rings. The van der Waals surface area contributed by atoms with Crippen molar-refractivity contribution in [2.45, 2.75) is 44.6 Å². The van der Waals surface area contributed by atoms with E-state index in [1.165, 1.54) is 12.3 Å². The van der Waals surface area contributed by atoms with E-state index in [0.29, 0.717) is 26.1 Å².